The maximum absolute atomic E-state index is 7.12. The molecule has 0 N–H and O–H groups in total. The lowest BCUT2D eigenvalue weighted by atomic mass is 10.0. The first kappa shape index (κ1) is 31.1. The fourth-order valence-corrected chi connectivity index (χ4v) is 10.2. The van der Waals surface area contributed by atoms with Crippen LogP contribution >= 0.6 is 0 Å². The Labute approximate surface area is 335 Å². The lowest BCUT2D eigenvalue weighted by molar-refractivity contribution is 0.661. The highest BCUT2D eigenvalue weighted by molar-refractivity contribution is 6.27. The van der Waals surface area contributed by atoms with Gasteiger partial charge in [0.1, 0.15) is 16.7 Å². The summed E-state index contributed by atoms with van der Waals surface area (Å²) in [5.74, 6) is 0. The van der Waals surface area contributed by atoms with Gasteiger partial charge in [-0.25, -0.2) is 0 Å². The molecule has 14 aromatic rings. The van der Waals surface area contributed by atoms with Gasteiger partial charge in [-0.3, -0.25) is 0 Å². The summed E-state index contributed by atoms with van der Waals surface area (Å²) in [6.07, 6.45) is 0. The molecule has 5 heterocycles. The van der Waals surface area contributed by atoms with Gasteiger partial charge in [0.15, 0.2) is 5.58 Å². The van der Waals surface area contributed by atoms with E-state index in [1.165, 1.54) is 43.4 Å². The Morgan fingerprint density at radius 1 is 0.271 bits per heavy atom. The Kier molecular flexibility index (Phi) is 5.96. The van der Waals surface area contributed by atoms with E-state index in [1.54, 1.807) is 0 Å². The van der Waals surface area contributed by atoms with Crippen molar-refractivity contribution in [3.05, 3.63) is 188 Å². The minimum atomic E-state index is 0.818. The molecular weight excluding hydrogens is 723 g/mol. The molecule has 0 aliphatic carbocycles. The van der Waals surface area contributed by atoms with E-state index in [0.29, 0.717) is 0 Å². The average Bonchev–Trinajstić information content (AvgIpc) is 4.09. The third kappa shape index (κ3) is 4.08. The second kappa shape index (κ2) is 11.3. The zero-order valence-corrected chi connectivity index (χ0v) is 31.6. The van der Waals surface area contributed by atoms with E-state index >= 15 is 0 Å². The summed E-state index contributed by atoms with van der Waals surface area (Å²) in [4.78, 5) is 0. The van der Waals surface area contributed by atoms with Gasteiger partial charge in [-0.05, 0) is 78.9 Å². The van der Waals surface area contributed by atoms with Gasteiger partial charge >= 0.3 is 0 Å². The quantitative estimate of drug-likeness (QED) is 0.180. The second-order valence-corrected chi connectivity index (χ2v) is 15.6. The molecule has 59 heavy (non-hydrogen) atoms. The second-order valence-electron chi connectivity index (χ2n) is 15.6. The minimum absolute atomic E-state index is 0.818. The maximum atomic E-state index is 7.12. The van der Waals surface area contributed by atoms with Gasteiger partial charge in [0.05, 0.1) is 38.8 Å². The molecule has 0 radical (unpaired) electrons. The summed E-state index contributed by atoms with van der Waals surface area (Å²) in [5.41, 5.74) is 13.4. The van der Waals surface area contributed by atoms with Crippen molar-refractivity contribution in [2.45, 2.75) is 0 Å². The predicted molar refractivity (Wildman–Crippen MR) is 244 cm³/mol. The van der Waals surface area contributed by atoms with Crippen LogP contribution in [-0.2, 0) is 0 Å². The molecule has 5 aromatic heterocycles. The van der Waals surface area contributed by atoms with Crippen molar-refractivity contribution in [1.82, 2.24) is 13.7 Å². The molecule has 14 rings (SSSR count). The van der Waals surface area contributed by atoms with Crippen LogP contribution in [0.4, 0.5) is 0 Å². The molecule has 0 bridgehead atoms. The van der Waals surface area contributed by atoms with Gasteiger partial charge < -0.3 is 22.5 Å². The molecule has 9 aromatic carbocycles. The van der Waals surface area contributed by atoms with Crippen LogP contribution in [0.25, 0.3) is 126 Å². The molecule has 0 atom stereocenters. The van der Waals surface area contributed by atoms with E-state index in [0.717, 1.165) is 83.0 Å². The number of benzene rings is 9. The lowest BCUT2D eigenvalue weighted by Crippen LogP contribution is -1.99. The van der Waals surface area contributed by atoms with Crippen molar-refractivity contribution in [2.75, 3.05) is 0 Å². The SMILES string of the molecule is c1ccc2c(c1)c1ccccc1n2-c1ccc2oc3ccc4oc5c(-n6c7ccccc7c7ccccc76)cc(-n6c7ccccc7c7ccccc76)cc5c4c3c2c1. The molecule has 0 aliphatic rings. The van der Waals surface area contributed by atoms with Gasteiger partial charge in [-0.2, -0.15) is 0 Å². The van der Waals surface area contributed by atoms with E-state index in [-0.39, 0.29) is 0 Å². The van der Waals surface area contributed by atoms with Crippen LogP contribution in [0.5, 0.6) is 0 Å². The Balaban J connectivity index is 1.14. The zero-order valence-electron chi connectivity index (χ0n) is 31.6. The standard InChI is InChI=1S/C54H31N3O2/c1-7-19-42-34(13-1)35-14-2-8-20-43(35)55(42)32-25-26-49-40(29-32)52-50(58-49)27-28-51-53(52)41-30-33(56-44-21-9-3-15-36(44)37-16-4-10-22-45(37)56)31-48(54(41)59-51)57-46-23-11-5-17-38(46)39-18-6-12-24-47(39)57/h1-31H. The van der Waals surface area contributed by atoms with Crippen molar-refractivity contribution < 1.29 is 8.83 Å². The number of aromatic nitrogens is 3. The van der Waals surface area contributed by atoms with Crippen LogP contribution in [0.15, 0.2) is 197 Å². The van der Waals surface area contributed by atoms with Crippen LogP contribution in [0.1, 0.15) is 0 Å². The van der Waals surface area contributed by atoms with Crippen molar-refractivity contribution in [1.29, 1.82) is 0 Å². The number of hydrogen-bond donors (Lipinski definition) is 0. The average molecular weight is 754 g/mol. The molecule has 5 heteroatoms. The number of furan rings is 2. The summed E-state index contributed by atoms with van der Waals surface area (Å²) in [6, 6.07) is 67.5. The number of hydrogen-bond acceptors (Lipinski definition) is 2. The van der Waals surface area contributed by atoms with E-state index < -0.39 is 0 Å². The molecule has 274 valence electrons. The Hall–Kier alpha value is -8.02. The summed E-state index contributed by atoms with van der Waals surface area (Å²) in [5, 5.41) is 11.5. The Morgan fingerprint density at radius 2 is 0.644 bits per heavy atom. The lowest BCUT2D eigenvalue weighted by Gasteiger charge is -2.14. The highest BCUT2D eigenvalue weighted by Crippen LogP contribution is 2.46. The largest absolute Gasteiger partial charge is 0.456 e. The summed E-state index contributed by atoms with van der Waals surface area (Å²) in [6.45, 7) is 0. The van der Waals surface area contributed by atoms with Crippen LogP contribution in [0.3, 0.4) is 0 Å². The minimum Gasteiger partial charge on any atom is -0.456 e. The van der Waals surface area contributed by atoms with Gasteiger partial charge in [0.25, 0.3) is 0 Å². The maximum Gasteiger partial charge on any atom is 0.159 e. The van der Waals surface area contributed by atoms with Crippen LogP contribution in [-0.4, -0.2) is 13.7 Å². The normalized spacial score (nSPS) is 12.4. The van der Waals surface area contributed by atoms with Crippen molar-refractivity contribution in [2.24, 2.45) is 0 Å². The first-order valence-electron chi connectivity index (χ1n) is 20.1. The third-order valence-corrected chi connectivity index (χ3v) is 12.6. The van der Waals surface area contributed by atoms with Gasteiger partial charge in [-0.1, -0.05) is 109 Å². The van der Waals surface area contributed by atoms with Gasteiger partial charge in [-0.15, -0.1) is 0 Å². The molecule has 0 fully saturated rings. The van der Waals surface area contributed by atoms with E-state index in [4.69, 9.17) is 8.83 Å². The van der Waals surface area contributed by atoms with E-state index in [9.17, 15) is 0 Å². The van der Waals surface area contributed by atoms with Crippen LogP contribution < -0.4 is 0 Å². The first-order chi connectivity index (χ1) is 29.3. The topological polar surface area (TPSA) is 41.1 Å². The summed E-state index contributed by atoms with van der Waals surface area (Å²) in [7, 11) is 0. The van der Waals surface area contributed by atoms with Crippen molar-refractivity contribution in [3.8, 4) is 17.1 Å². The summed E-state index contributed by atoms with van der Waals surface area (Å²) < 4.78 is 21.0. The van der Waals surface area contributed by atoms with Crippen LogP contribution in [0, 0.1) is 0 Å². The fraction of sp³-hybridized carbons (Fsp3) is 0. The number of para-hydroxylation sites is 6. The highest BCUT2D eigenvalue weighted by atomic mass is 16.3. The van der Waals surface area contributed by atoms with E-state index in [1.807, 2.05) is 0 Å². The van der Waals surface area contributed by atoms with Crippen molar-refractivity contribution in [3.63, 3.8) is 0 Å². The molecule has 0 aliphatic heterocycles. The Bertz CT molecular complexity index is 3930. The fourth-order valence-electron chi connectivity index (χ4n) is 10.2. The molecular formula is C54H31N3O2. The zero-order chi connectivity index (χ0) is 38.3. The highest BCUT2D eigenvalue weighted by Gasteiger charge is 2.24. The van der Waals surface area contributed by atoms with E-state index in [2.05, 4.69) is 202 Å². The molecule has 0 spiro atoms. The molecule has 0 saturated heterocycles. The van der Waals surface area contributed by atoms with Gasteiger partial charge in [0.2, 0.25) is 0 Å². The molecule has 0 unspecified atom stereocenters. The monoisotopic (exact) mass is 753 g/mol. The predicted octanol–water partition coefficient (Wildman–Crippen LogP) is 14.8. The molecule has 5 nitrogen and oxygen atoms in total. The number of fused-ring (bicyclic) bond motifs is 16. The van der Waals surface area contributed by atoms with Gasteiger partial charge in [0, 0.05) is 65.2 Å². The number of nitrogens with zero attached hydrogens (tertiary/aromatic N) is 3. The molecule has 0 saturated carbocycles. The number of rotatable bonds is 3. The third-order valence-electron chi connectivity index (χ3n) is 12.6. The first-order valence-corrected chi connectivity index (χ1v) is 20.1. The Morgan fingerprint density at radius 3 is 1.14 bits per heavy atom. The smallest absolute Gasteiger partial charge is 0.159 e. The van der Waals surface area contributed by atoms with Crippen LogP contribution in [0.2, 0.25) is 0 Å². The summed E-state index contributed by atoms with van der Waals surface area (Å²) >= 11 is 0. The molecule has 0 amide bonds. The van der Waals surface area contributed by atoms with Crippen molar-refractivity contribution >= 4 is 109 Å².